The monoisotopic (exact) mass is 286 g/mol. The molecule has 102 valence electrons. The van der Waals surface area contributed by atoms with Gasteiger partial charge in [-0.25, -0.2) is 4.52 Å². The number of nitrogens with zero attached hydrogens (tertiary/aromatic N) is 4. The Hall–Kier alpha value is -2.08. The molecule has 1 aliphatic heterocycles. The molecule has 4 heterocycles. The number of fused-ring (bicyclic) bond motifs is 2. The van der Waals surface area contributed by atoms with E-state index in [9.17, 15) is 4.79 Å². The van der Waals surface area contributed by atoms with Crippen LogP contribution in [0, 0.1) is 0 Å². The zero-order valence-electron chi connectivity index (χ0n) is 11.1. The first-order valence-corrected chi connectivity index (χ1v) is 7.45. The van der Waals surface area contributed by atoms with Gasteiger partial charge in [0.15, 0.2) is 0 Å². The molecular formula is C14H14N4OS. The van der Waals surface area contributed by atoms with Crippen molar-refractivity contribution in [3.05, 3.63) is 46.0 Å². The fraction of sp³-hybridized carbons (Fsp3) is 0.286. The third-order valence-electron chi connectivity index (χ3n) is 3.86. The maximum atomic E-state index is 12.7. The largest absolute Gasteiger partial charge is 0.334 e. The van der Waals surface area contributed by atoms with Gasteiger partial charge in [-0.2, -0.15) is 5.10 Å². The zero-order chi connectivity index (χ0) is 13.7. The highest BCUT2D eigenvalue weighted by Crippen LogP contribution is 2.25. The highest BCUT2D eigenvalue weighted by atomic mass is 32.1. The highest BCUT2D eigenvalue weighted by molar-refractivity contribution is 7.10. The van der Waals surface area contributed by atoms with Crippen molar-refractivity contribution in [2.75, 3.05) is 6.54 Å². The molecule has 0 saturated carbocycles. The van der Waals surface area contributed by atoms with E-state index in [0.717, 1.165) is 18.6 Å². The van der Waals surface area contributed by atoms with Crippen LogP contribution in [-0.2, 0) is 20.0 Å². The van der Waals surface area contributed by atoms with Crippen molar-refractivity contribution in [1.29, 1.82) is 0 Å². The molecule has 20 heavy (non-hydrogen) atoms. The topological polar surface area (TPSA) is 42.5 Å². The molecule has 0 fully saturated rings. The normalized spacial score (nSPS) is 14.8. The van der Waals surface area contributed by atoms with Gasteiger partial charge in [-0.15, -0.1) is 11.3 Å². The summed E-state index contributed by atoms with van der Waals surface area (Å²) in [6.07, 6.45) is 6.39. The minimum atomic E-state index is 0.0682. The minimum absolute atomic E-state index is 0.0682. The molecule has 0 atom stereocenters. The molecule has 0 aromatic carbocycles. The number of hydrogen-bond donors (Lipinski definition) is 0. The predicted octanol–water partition coefficient (Wildman–Crippen LogP) is 1.93. The third-order valence-corrected chi connectivity index (χ3v) is 4.88. The standard InChI is InChI=1S/C14H14N4OS/c1-16-5-6-18-13(16)11(8-15-18)14(19)17-4-2-12-10(9-17)3-7-20-12/h3,5-8H,2,4,9H2,1H3. The van der Waals surface area contributed by atoms with Gasteiger partial charge in [-0.3, -0.25) is 4.79 Å². The smallest absolute Gasteiger partial charge is 0.259 e. The molecule has 6 heteroatoms. The van der Waals surface area contributed by atoms with E-state index in [1.54, 1.807) is 22.0 Å². The van der Waals surface area contributed by atoms with Crippen LogP contribution in [0.15, 0.2) is 30.0 Å². The maximum absolute atomic E-state index is 12.7. The minimum Gasteiger partial charge on any atom is -0.334 e. The van der Waals surface area contributed by atoms with Crippen LogP contribution in [0.25, 0.3) is 5.65 Å². The second-order valence-electron chi connectivity index (χ2n) is 5.08. The summed E-state index contributed by atoms with van der Waals surface area (Å²) in [6.45, 7) is 1.49. The van der Waals surface area contributed by atoms with Gasteiger partial charge in [0.05, 0.1) is 6.20 Å². The summed E-state index contributed by atoms with van der Waals surface area (Å²) >= 11 is 1.78. The summed E-state index contributed by atoms with van der Waals surface area (Å²) in [4.78, 5) is 16.0. The Kier molecular flexibility index (Phi) is 2.47. The predicted molar refractivity (Wildman–Crippen MR) is 76.9 cm³/mol. The van der Waals surface area contributed by atoms with Crippen LogP contribution >= 0.6 is 11.3 Å². The number of aryl methyl sites for hydroxylation is 1. The van der Waals surface area contributed by atoms with E-state index in [2.05, 4.69) is 16.5 Å². The first-order chi connectivity index (χ1) is 9.74. The van der Waals surface area contributed by atoms with Crippen LogP contribution < -0.4 is 0 Å². The zero-order valence-corrected chi connectivity index (χ0v) is 11.9. The molecule has 3 aromatic heterocycles. The number of hydrogen-bond acceptors (Lipinski definition) is 3. The van der Waals surface area contributed by atoms with Crippen LogP contribution in [0.3, 0.4) is 0 Å². The van der Waals surface area contributed by atoms with E-state index < -0.39 is 0 Å². The molecule has 0 bridgehead atoms. The van der Waals surface area contributed by atoms with Gasteiger partial charge in [0.25, 0.3) is 5.91 Å². The summed E-state index contributed by atoms with van der Waals surface area (Å²) in [5.74, 6) is 0.0682. The first kappa shape index (κ1) is 11.7. The molecule has 0 radical (unpaired) electrons. The van der Waals surface area contributed by atoms with Gasteiger partial charge < -0.3 is 9.47 Å². The molecule has 0 unspecified atom stereocenters. The molecule has 3 aromatic rings. The second-order valence-corrected chi connectivity index (χ2v) is 6.08. The van der Waals surface area contributed by atoms with Gasteiger partial charge in [-0.05, 0) is 23.4 Å². The quantitative estimate of drug-likeness (QED) is 0.686. The molecule has 0 spiro atoms. The SMILES string of the molecule is Cn1ccn2ncc(C(=O)N3CCc4sccc4C3)c12. The molecule has 5 nitrogen and oxygen atoms in total. The first-order valence-electron chi connectivity index (χ1n) is 6.57. The Bertz CT molecular complexity index is 797. The van der Waals surface area contributed by atoms with Crippen LogP contribution in [-0.4, -0.2) is 31.5 Å². The molecule has 0 N–H and O–H groups in total. The Balaban J connectivity index is 1.69. The lowest BCUT2D eigenvalue weighted by Crippen LogP contribution is -2.35. The van der Waals surface area contributed by atoms with Crippen molar-refractivity contribution in [1.82, 2.24) is 19.1 Å². The Labute approximate surface area is 120 Å². The number of amides is 1. The van der Waals surface area contributed by atoms with E-state index in [1.807, 2.05) is 28.9 Å². The van der Waals surface area contributed by atoms with Gasteiger partial charge in [0, 0.05) is 37.4 Å². The number of rotatable bonds is 1. The van der Waals surface area contributed by atoms with Crippen LogP contribution in [0.4, 0.5) is 0 Å². The summed E-state index contributed by atoms with van der Waals surface area (Å²) < 4.78 is 3.67. The van der Waals surface area contributed by atoms with Gasteiger partial charge >= 0.3 is 0 Å². The Morgan fingerprint density at radius 1 is 1.40 bits per heavy atom. The Morgan fingerprint density at radius 2 is 2.30 bits per heavy atom. The lowest BCUT2D eigenvalue weighted by molar-refractivity contribution is 0.0737. The average Bonchev–Trinajstić information content (AvgIpc) is 3.15. The van der Waals surface area contributed by atoms with Crippen molar-refractivity contribution < 1.29 is 4.79 Å². The van der Waals surface area contributed by atoms with Crippen molar-refractivity contribution >= 4 is 22.9 Å². The van der Waals surface area contributed by atoms with E-state index in [0.29, 0.717) is 12.1 Å². The van der Waals surface area contributed by atoms with Crippen molar-refractivity contribution in [2.45, 2.75) is 13.0 Å². The fourth-order valence-corrected chi connectivity index (χ4v) is 3.68. The van der Waals surface area contributed by atoms with Crippen LogP contribution in [0.1, 0.15) is 20.8 Å². The highest BCUT2D eigenvalue weighted by Gasteiger charge is 2.25. The number of carbonyl (C=O) groups excluding carboxylic acids is 1. The maximum Gasteiger partial charge on any atom is 0.259 e. The summed E-state index contributed by atoms with van der Waals surface area (Å²) in [5.41, 5.74) is 2.81. The summed E-state index contributed by atoms with van der Waals surface area (Å²) in [7, 11) is 1.93. The van der Waals surface area contributed by atoms with Crippen molar-refractivity contribution in [3.8, 4) is 0 Å². The van der Waals surface area contributed by atoms with E-state index in [4.69, 9.17) is 0 Å². The fourth-order valence-electron chi connectivity index (χ4n) is 2.79. The molecule has 1 aliphatic rings. The lowest BCUT2D eigenvalue weighted by Gasteiger charge is -2.26. The summed E-state index contributed by atoms with van der Waals surface area (Å²) in [5, 5.41) is 6.35. The number of imidazole rings is 1. The van der Waals surface area contributed by atoms with Gasteiger partial charge in [0.2, 0.25) is 0 Å². The Morgan fingerprint density at radius 3 is 3.20 bits per heavy atom. The molecule has 0 saturated heterocycles. The molecule has 1 amide bonds. The molecular weight excluding hydrogens is 272 g/mol. The lowest BCUT2D eigenvalue weighted by atomic mass is 10.1. The number of thiophene rings is 1. The van der Waals surface area contributed by atoms with Gasteiger partial charge in [0.1, 0.15) is 11.2 Å². The average molecular weight is 286 g/mol. The van der Waals surface area contributed by atoms with Crippen molar-refractivity contribution in [2.24, 2.45) is 7.05 Å². The number of aromatic nitrogens is 3. The second kappa shape index (κ2) is 4.21. The van der Waals surface area contributed by atoms with Gasteiger partial charge in [-0.1, -0.05) is 0 Å². The molecule has 0 aliphatic carbocycles. The third kappa shape index (κ3) is 1.61. The van der Waals surface area contributed by atoms with Crippen molar-refractivity contribution in [3.63, 3.8) is 0 Å². The summed E-state index contributed by atoms with van der Waals surface area (Å²) in [6, 6.07) is 2.12. The molecule has 4 rings (SSSR count). The van der Waals surface area contributed by atoms with E-state index in [-0.39, 0.29) is 5.91 Å². The van der Waals surface area contributed by atoms with Crippen LogP contribution in [0.5, 0.6) is 0 Å². The van der Waals surface area contributed by atoms with Crippen LogP contribution in [0.2, 0.25) is 0 Å². The van der Waals surface area contributed by atoms with E-state index >= 15 is 0 Å². The number of carbonyl (C=O) groups is 1. The van der Waals surface area contributed by atoms with E-state index in [1.165, 1.54) is 10.4 Å².